The van der Waals surface area contributed by atoms with Crippen molar-refractivity contribution in [3.8, 4) is 16.6 Å². The summed E-state index contributed by atoms with van der Waals surface area (Å²) >= 11 is 1.54. The summed E-state index contributed by atoms with van der Waals surface area (Å²) in [4.78, 5) is 15.0. The second-order valence-corrected chi connectivity index (χ2v) is 8.40. The van der Waals surface area contributed by atoms with Gasteiger partial charge in [0.2, 0.25) is 16.2 Å². The first-order valence-corrected chi connectivity index (χ1v) is 11.2. The van der Waals surface area contributed by atoms with Crippen LogP contribution in [0.15, 0.2) is 42.7 Å². The predicted octanol–water partition coefficient (Wildman–Crippen LogP) is 2.92. The Bertz CT molecular complexity index is 1000. The summed E-state index contributed by atoms with van der Waals surface area (Å²) in [6.45, 7) is 2.11. The average Bonchev–Trinajstić information content (AvgIpc) is 3.51. The van der Waals surface area contributed by atoms with Gasteiger partial charge < -0.3 is 19.7 Å². The number of ether oxygens (including phenoxy) is 2. The summed E-state index contributed by atoms with van der Waals surface area (Å²) in [5.41, 5.74) is 1.01. The Labute approximate surface area is 185 Å². The van der Waals surface area contributed by atoms with E-state index in [4.69, 9.17) is 9.47 Å². The minimum atomic E-state index is -0.0557. The van der Waals surface area contributed by atoms with Crippen molar-refractivity contribution in [2.45, 2.75) is 19.3 Å². The van der Waals surface area contributed by atoms with Crippen LogP contribution in [0.4, 0.5) is 5.13 Å². The highest BCUT2D eigenvalue weighted by Crippen LogP contribution is 2.28. The smallest absolute Gasteiger partial charge is 0.224 e. The number of amides is 1. The SMILES string of the molecule is COc1ccc(OC)c(CCNC(=O)[C@H]2CCCN(c3nnc(-n4cccc4)s3)C2)c1. The van der Waals surface area contributed by atoms with E-state index in [2.05, 4.69) is 20.4 Å². The summed E-state index contributed by atoms with van der Waals surface area (Å²) in [7, 11) is 3.29. The molecule has 2 aromatic heterocycles. The number of methoxy groups -OCH3 is 2. The molecule has 1 aromatic carbocycles. The van der Waals surface area contributed by atoms with Gasteiger partial charge in [0, 0.05) is 32.0 Å². The van der Waals surface area contributed by atoms with Gasteiger partial charge in [-0.25, -0.2) is 0 Å². The number of carbonyl (C=O) groups is 1. The van der Waals surface area contributed by atoms with Crippen LogP contribution in [-0.2, 0) is 11.2 Å². The molecule has 3 aromatic rings. The van der Waals surface area contributed by atoms with Gasteiger partial charge >= 0.3 is 0 Å². The number of anilines is 1. The Morgan fingerprint density at radius 3 is 2.77 bits per heavy atom. The van der Waals surface area contributed by atoms with Gasteiger partial charge in [-0.15, -0.1) is 10.2 Å². The van der Waals surface area contributed by atoms with Gasteiger partial charge in [0.1, 0.15) is 11.5 Å². The number of nitrogens with one attached hydrogen (secondary N) is 1. The minimum Gasteiger partial charge on any atom is -0.497 e. The number of nitrogens with zero attached hydrogens (tertiary/aromatic N) is 4. The Kier molecular flexibility index (Phi) is 6.71. The van der Waals surface area contributed by atoms with Crippen molar-refractivity contribution in [2.75, 3.05) is 38.8 Å². The zero-order chi connectivity index (χ0) is 21.6. The van der Waals surface area contributed by atoms with Gasteiger partial charge in [-0.1, -0.05) is 11.3 Å². The molecule has 1 aliphatic rings. The van der Waals surface area contributed by atoms with Crippen LogP contribution in [0.25, 0.3) is 5.13 Å². The lowest BCUT2D eigenvalue weighted by molar-refractivity contribution is -0.125. The normalized spacial score (nSPS) is 16.2. The maximum Gasteiger partial charge on any atom is 0.224 e. The lowest BCUT2D eigenvalue weighted by Crippen LogP contribution is -2.43. The molecule has 0 aliphatic carbocycles. The summed E-state index contributed by atoms with van der Waals surface area (Å²) in [6, 6.07) is 9.63. The maximum atomic E-state index is 12.8. The first-order chi connectivity index (χ1) is 15.2. The second-order valence-electron chi connectivity index (χ2n) is 7.46. The van der Waals surface area contributed by atoms with Gasteiger partial charge in [0.05, 0.1) is 20.1 Å². The molecule has 1 fully saturated rings. The van der Waals surface area contributed by atoms with E-state index < -0.39 is 0 Å². The highest BCUT2D eigenvalue weighted by atomic mass is 32.1. The molecular formula is C22H27N5O3S. The van der Waals surface area contributed by atoms with E-state index in [1.165, 1.54) is 0 Å². The number of hydrogen-bond donors (Lipinski definition) is 1. The third kappa shape index (κ3) is 4.99. The van der Waals surface area contributed by atoms with E-state index in [0.717, 1.165) is 46.7 Å². The van der Waals surface area contributed by atoms with Crippen molar-refractivity contribution >= 4 is 22.4 Å². The lowest BCUT2D eigenvalue weighted by Gasteiger charge is -2.31. The van der Waals surface area contributed by atoms with Crippen molar-refractivity contribution in [1.29, 1.82) is 0 Å². The average molecular weight is 442 g/mol. The van der Waals surface area contributed by atoms with Crippen LogP contribution in [0.2, 0.25) is 0 Å². The second kappa shape index (κ2) is 9.82. The van der Waals surface area contributed by atoms with Gasteiger partial charge in [-0.05, 0) is 55.2 Å². The fourth-order valence-electron chi connectivity index (χ4n) is 3.81. The van der Waals surface area contributed by atoms with Gasteiger partial charge in [0.15, 0.2) is 0 Å². The van der Waals surface area contributed by atoms with E-state index >= 15 is 0 Å². The zero-order valence-corrected chi connectivity index (χ0v) is 18.6. The fraction of sp³-hybridized carbons (Fsp3) is 0.409. The molecule has 0 radical (unpaired) electrons. The van der Waals surface area contributed by atoms with E-state index in [1.54, 1.807) is 25.6 Å². The summed E-state index contributed by atoms with van der Waals surface area (Å²) < 4.78 is 12.7. The first-order valence-electron chi connectivity index (χ1n) is 10.4. The van der Waals surface area contributed by atoms with E-state index in [0.29, 0.717) is 19.5 Å². The molecule has 0 saturated carbocycles. The highest BCUT2D eigenvalue weighted by molar-refractivity contribution is 7.17. The van der Waals surface area contributed by atoms with Gasteiger partial charge in [-0.2, -0.15) is 0 Å². The Morgan fingerprint density at radius 2 is 2.00 bits per heavy atom. The monoisotopic (exact) mass is 441 g/mol. The van der Waals surface area contributed by atoms with Crippen molar-refractivity contribution in [3.05, 3.63) is 48.3 Å². The molecule has 1 aliphatic heterocycles. The molecule has 0 bridgehead atoms. The Morgan fingerprint density at radius 1 is 1.19 bits per heavy atom. The molecule has 8 nitrogen and oxygen atoms in total. The maximum absolute atomic E-state index is 12.8. The van der Waals surface area contributed by atoms with Crippen LogP contribution < -0.4 is 19.7 Å². The highest BCUT2D eigenvalue weighted by Gasteiger charge is 2.27. The molecule has 31 heavy (non-hydrogen) atoms. The van der Waals surface area contributed by atoms with E-state index in [-0.39, 0.29) is 11.8 Å². The molecule has 0 unspecified atom stereocenters. The van der Waals surface area contributed by atoms with Crippen molar-refractivity contribution < 1.29 is 14.3 Å². The molecule has 1 saturated heterocycles. The van der Waals surface area contributed by atoms with Crippen LogP contribution in [0.3, 0.4) is 0 Å². The molecule has 4 rings (SSSR count). The quantitative estimate of drug-likeness (QED) is 0.579. The van der Waals surface area contributed by atoms with Crippen LogP contribution >= 0.6 is 11.3 Å². The lowest BCUT2D eigenvalue weighted by atomic mass is 9.97. The van der Waals surface area contributed by atoms with Crippen LogP contribution in [0.1, 0.15) is 18.4 Å². The third-order valence-corrected chi connectivity index (χ3v) is 6.47. The minimum absolute atomic E-state index is 0.0557. The number of carbonyl (C=O) groups excluding carboxylic acids is 1. The zero-order valence-electron chi connectivity index (χ0n) is 17.8. The summed E-state index contributed by atoms with van der Waals surface area (Å²) in [5.74, 6) is 1.61. The predicted molar refractivity (Wildman–Crippen MR) is 120 cm³/mol. The van der Waals surface area contributed by atoms with Crippen LogP contribution in [0, 0.1) is 5.92 Å². The molecular weight excluding hydrogens is 414 g/mol. The molecule has 1 amide bonds. The van der Waals surface area contributed by atoms with Crippen molar-refractivity contribution in [1.82, 2.24) is 20.1 Å². The molecule has 3 heterocycles. The molecule has 164 valence electrons. The van der Waals surface area contributed by atoms with Crippen molar-refractivity contribution in [2.24, 2.45) is 5.92 Å². The number of hydrogen-bond acceptors (Lipinski definition) is 7. The van der Waals surface area contributed by atoms with E-state index in [9.17, 15) is 4.79 Å². The molecule has 1 N–H and O–H groups in total. The number of rotatable bonds is 8. The van der Waals surface area contributed by atoms with Gasteiger partial charge in [-0.3, -0.25) is 9.36 Å². The summed E-state index contributed by atoms with van der Waals surface area (Å²) in [6.07, 6.45) is 6.43. The fourth-order valence-corrected chi connectivity index (χ4v) is 4.66. The van der Waals surface area contributed by atoms with Gasteiger partial charge in [0.25, 0.3) is 0 Å². The molecule has 1 atom stereocenters. The standard InChI is InChI=1S/C22H27N5O3S/c1-29-18-7-8-19(30-2)16(14-18)9-10-23-20(28)17-6-5-13-27(15-17)22-25-24-21(31-22)26-11-3-4-12-26/h3-4,7-8,11-12,14,17H,5-6,9-10,13,15H2,1-2H3,(H,23,28)/t17-/m0/s1. The first kappa shape index (κ1) is 21.2. The van der Waals surface area contributed by atoms with Crippen LogP contribution in [0.5, 0.6) is 11.5 Å². The topological polar surface area (TPSA) is 81.5 Å². The molecule has 0 spiro atoms. The number of piperidine rings is 1. The largest absolute Gasteiger partial charge is 0.497 e. The van der Waals surface area contributed by atoms with Crippen LogP contribution in [-0.4, -0.2) is 54.5 Å². The third-order valence-electron chi connectivity index (χ3n) is 5.47. The number of aromatic nitrogens is 3. The Hall–Kier alpha value is -3.07. The van der Waals surface area contributed by atoms with E-state index in [1.807, 2.05) is 47.3 Å². The Balaban J connectivity index is 1.32. The van der Waals surface area contributed by atoms with Crippen molar-refractivity contribution in [3.63, 3.8) is 0 Å². The summed E-state index contributed by atoms with van der Waals surface area (Å²) in [5, 5.41) is 13.4. The molecule has 9 heteroatoms. The number of benzene rings is 1.